The van der Waals surface area contributed by atoms with E-state index in [4.69, 9.17) is 4.74 Å². The monoisotopic (exact) mass is 175 g/mol. The third kappa shape index (κ3) is 1.28. The van der Waals surface area contributed by atoms with Gasteiger partial charge in [0.15, 0.2) is 12.4 Å². The summed E-state index contributed by atoms with van der Waals surface area (Å²) in [7, 11) is 1.59. The molecule has 0 aliphatic carbocycles. The van der Waals surface area contributed by atoms with Crippen LogP contribution in [0.5, 0.6) is 5.75 Å². The average Bonchev–Trinajstić information content (AvgIpc) is 2.17. The molecule has 13 heavy (non-hydrogen) atoms. The minimum atomic E-state index is 0.725. The molecule has 3 nitrogen and oxygen atoms in total. The van der Waals surface area contributed by atoms with E-state index in [0.29, 0.717) is 0 Å². The fourth-order valence-electron chi connectivity index (χ4n) is 1.35. The molecule has 66 valence electrons. The highest BCUT2D eigenvalue weighted by Crippen LogP contribution is 2.22. The maximum atomic E-state index is 11.0. The third-order valence-corrected chi connectivity index (χ3v) is 1.98. The summed E-state index contributed by atoms with van der Waals surface area (Å²) < 4.78 is 5.90. The smallest absolute Gasteiger partial charge is 0.191 e. The van der Waals surface area contributed by atoms with Crippen LogP contribution in [0.25, 0.3) is 10.8 Å². The molecule has 0 atom stereocenters. The Hall–Kier alpha value is -1.77. The van der Waals surface area contributed by atoms with Gasteiger partial charge in [0.1, 0.15) is 5.75 Å². The fraction of sp³-hybridized carbons (Fsp3) is 0.100. The van der Waals surface area contributed by atoms with E-state index in [-0.39, 0.29) is 0 Å². The van der Waals surface area contributed by atoms with Crippen molar-refractivity contribution < 1.29 is 9.47 Å². The number of nitrogens with zero attached hydrogens (tertiary/aromatic N) is 1. The normalized spacial score (nSPS) is 10.2. The van der Waals surface area contributed by atoms with E-state index in [1.165, 1.54) is 12.4 Å². The van der Waals surface area contributed by atoms with Gasteiger partial charge in [0.25, 0.3) is 0 Å². The maximum Gasteiger partial charge on any atom is 0.191 e. The standard InChI is InChI=1S/C10H9NO2/c1-13-10-4-2-3-8-5-6-11(12)7-9(8)10/h2-7H,1H3. The molecule has 0 saturated carbocycles. The van der Waals surface area contributed by atoms with E-state index in [1.807, 2.05) is 18.2 Å². The highest BCUT2D eigenvalue weighted by atomic mass is 16.5. The molecule has 0 saturated heterocycles. The molecule has 3 heteroatoms. The highest BCUT2D eigenvalue weighted by Gasteiger charge is 2.03. The maximum absolute atomic E-state index is 11.0. The fourth-order valence-corrected chi connectivity index (χ4v) is 1.35. The molecule has 1 aromatic heterocycles. The first-order chi connectivity index (χ1) is 6.31. The lowest BCUT2D eigenvalue weighted by atomic mass is 10.1. The summed E-state index contributed by atoms with van der Waals surface area (Å²) in [6.07, 6.45) is 2.98. The second kappa shape index (κ2) is 2.94. The van der Waals surface area contributed by atoms with Gasteiger partial charge >= 0.3 is 0 Å². The minimum Gasteiger partial charge on any atom is -0.619 e. The number of ether oxygens (including phenoxy) is 1. The first-order valence-corrected chi connectivity index (χ1v) is 3.97. The lowest BCUT2D eigenvalue weighted by molar-refractivity contribution is -0.603. The first kappa shape index (κ1) is 7.86. The number of benzene rings is 1. The van der Waals surface area contributed by atoms with Crippen molar-refractivity contribution in [3.63, 3.8) is 0 Å². The second-order valence-electron chi connectivity index (χ2n) is 2.77. The lowest BCUT2D eigenvalue weighted by Gasteiger charge is -2.03. The van der Waals surface area contributed by atoms with E-state index in [9.17, 15) is 5.21 Å². The molecular weight excluding hydrogens is 166 g/mol. The first-order valence-electron chi connectivity index (χ1n) is 3.97. The van der Waals surface area contributed by atoms with Crippen molar-refractivity contribution in [1.82, 2.24) is 0 Å². The summed E-state index contributed by atoms with van der Waals surface area (Å²) in [5.41, 5.74) is 0. The van der Waals surface area contributed by atoms with Crippen molar-refractivity contribution in [3.8, 4) is 5.75 Å². The summed E-state index contributed by atoms with van der Waals surface area (Å²) in [4.78, 5) is 0. The van der Waals surface area contributed by atoms with E-state index < -0.39 is 0 Å². The zero-order valence-electron chi connectivity index (χ0n) is 7.23. The van der Waals surface area contributed by atoms with Gasteiger partial charge in [-0.15, -0.1) is 0 Å². The molecule has 0 radical (unpaired) electrons. The van der Waals surface area contributed by atoms with Crippen LogP contribution in [0.15, 0.2) is 36.7 Å². The van der Waals surface area contributed by atoms with Crippen LogP contribution >= 0.6 is 0 Å². The van der Waals surface area contributed by atoms with E-state index in [0.717, 1.165) is 21.3 Å². The van der Waals surface area contributed by atoms with Crippen LogP contribution in [0.1, 0.15) is 0 Å². The van der Waals surface area contributed by atoms with E-state index in [2.05, 4.69) is 0 Å². The second-order valence-corrected chi connectivity index (χ2v) is 2.77. The zero-order valence-corrected chi connectivity index (χ0v) is 7.23. The number of hydrogen-bond acceptors (Lipinski definition) is 2. The molecule has 0 fully saturated rings. The van der Waals surface area contributed by atoms with Crippen molar-refractivity contribution in [2.24, 2.45) is 0 Å². The molecule has 0 spiro atoms. The van der Waals surface area contributed by atoms with Crippen molar-refractivity contribution in [2.45, 2.75) is 0 Å². The summed E-state index contributed by atoms with van der Waals surface area (Å²) in [6.45, 7) is 0. The van der Waals surface area contributed by atoms with Gasteiger partial charge in [-0.2, -0.15) is 4.73 Å². The molecule has 0 unspecified atom stereocenters. The Bertz CT molecular complexity index is 440. The molecule has 0 bridgehead atoms. The highest BCUT2D eigenvalue weighted by molar-refractivity contribution is 5.86. The van der Waals surface area contributed by atoms with Gasteiger partial charge < -0.3 is 9.94 Å². The number of pyridine rings is 1. The Labute approximate surface area is 75.8 Å². The van der Waals surface area contributed by atoms with Crippen molar-refractivity contribution >= 4 is 10.8 Å². The van der Waals surface area contributed by atoms with Gasteiger partial charge in [0.05, 0.1) is 12.5 Å². The summed E-state index contributed by atoms with van der Waals surface area (Å²) in [5.74, 6) is 0.725. The molecule has 0 N–H and O–H groups in total. The van der Waals surface area contributed by atoms with Crippen molar-refractivity contribution in [1.29, 1.82) is 0 Å². The molecule has 1 aromatic carbocycles. The molecule has 0 amide bonds. The Kier molecular flexibility index (Phi) is 1.77. The largest absolute Gasteiger partial charge is 0.619 e. The van der Waals surface area contributed by atoms with Crippen LogP contribution in [-0.4, -0.2) is 7.11 Å². The summed E-state index contributed by atoms with van der Waals surface area (Å²) in [5, 5.41) is 12.9. The minimum absolute atomic E-state index is 0.725. The molecule has 0 aliphatic rings. The summed E-state index contributed by atoms with van der Waals surface area (Å²) >= 11 is 0. The van der Waals surface area contributed by atoms with Crippen molar-refractivity contribution in [3.05, 3.63) is 41.9 Å². The van der Waals surface area contributed by atoms with Gasteiger partial charge in [-0.3, -0.25) is 0 Å². The number of methoxy groups -OCH3 is 1. The van der Waals surface area contributed by atoms with Crippen molar-refractivity contribution in [2.75, 3.05) is 7.11 Å². The molecule has 1 heterocycles. The van der Waals surface area contributed by atoms with E-state index in [1.54, 1.807) is 13.2 Å². The van der Waals surface area contributed by atoms with Gasteiger partial charge in [-0.05, 0) is 11.5 Å². The Morgan fingerprint density at radius 1 is 1.31 bits per heavy atom. The average molecular weight is 175 g/mol. The van der Waals surface area contributed by atoms with Gasteiger partial charge in [-0.1, -0.05) is 12.1 Å². The SMILES string of the molecule is COc1cccc2cc[n+]([O-])cc12. The van der Waals surface area contributed by atoms with Gasteiger partial charge in [0, 0.05) is 6.07 Å². The number of aromatic nitrogens is 1. The zero-order chi connectivity index (χ0) is 9.26. The molecule has 2 rings (SSSR count). The van der Waals surface area contributed by atoms with Crippen LogP contribution in [0.4, 0.5) is 0 Å². The molecule has 0 aliphatic heterocycles. The van der Waals surface area contributed by atoms with Crippen LogP contribution in [0.3, 0.4) is 0 Å². The number of fused-ring (bicyclic) bond motifs is 1. The van der Waals surface area contributed by atoms with E-state index >= 15 is 0 Å². The number of rotatable bonds is 1. The lowest BCUT2D eigenvalue weighted by Crippen LogP contribution is -2.23. The molecule has 2 aromatic rings. The predicted octanol–water partition coefficient (Wildman–Crippen LogP) is 1.48. The predicted molar refractivity (Wildman–Crippen MR) is 49.5 cm³/mol. The van der Waals surface area contributed by atoms with Crippen LogP contribution in [0.2, 0.25) is 0 Å². The third-order valence-electron chi connectivity index (χ3n) is 1.98. The quantitative estimate of drug-likeness (QED) is 0.486. The summed E-state index contributed by atoms with van der Waals surface area (Å²) in [6, 6.07) is 7.45. The molecular formula is C10H9NO2. The Balaban J connectivity index is 2.79. The van der Waals surface area contributed by atoms with Crippen LogP contribution in [-0.2, 0) is 0 Å². The van der Waals surface area contributed by atoms with Gasteiger partial charge in [0.2, 0.25) is 0 Å². The Morgan fingerprint density at radius 2 is 2.15 bits per heavy atom. The van der Waals surface area contributed by atoms with Gasteiger partial charge in [-0.25, -0.2) is 0 Å². The Morgan fingerprint density at radius 3 is 2.92 bits per heavy atom. The topological polar surface area (TPSA) is 36.2 Å². The van der Waals surface area contributed by atoms with Crippen LogP contribution in [0, 0.1) is 5.21 Å². The number of hydrogen-bond donors (Lipinski definition) is 0. The van der Waals surface area contributed by atoms with Crippen LogP contribution < -0.4 is 9.47 Å².